The largest absolute Gasteiger partial charge is 0.314 e. The van der Waals surface area contributed by atoms with E-state index >= 15 is 0 Å². The summed E-state index contributed by atoms with van der Waals surface area (Å²) in [7, 11) is 2.26. The van der Waals surface area contributed by atoms with Crippen LogP contribution in [0.15, 0.2) is 0 Å². The van der Waals surface area contributed by atoms with Crippen LogP contribution in [0.2, 0.25) is 0 Å². The molecule has 0 amide bonds. The van der Waals surface area contributed by atoms with Crippen molar-refractivity contribution in [3.05, 3.63) is 0 Å². The molecule has 0 saturated heterocycles. The maximum atomic E-state index is 3.52. The van der Waals surface area contributed by atoms with Gasteiger partial charge in [-0.25, -0.2) is 0 Å². The fraction of sp³-hybridized carbons (Fsp3) is 1.00. The quantitative estimate of drug-likeness (QED) is 0.775. The lowest BCUT2D eigenvalue weighted by Crippen LogP contribution is -2.59. The van der Waals surface area contributed by atoms with E-state index in [4.69, 9.17) is 0 Å². The van der Waals surface area contributed by atoms with E-state index in [0.717, 1.165) is 6.54 Å². The summed E-state index contributed by atoms with van der Waals surface area (Å²) in [6.45, 7) is 21.9. The van der Waals surface area contributed by atoms with Gasteiger partial charge in [0.1, 0.15) is 0 Å². The Balaban J connectivity index is 4.69. The normalized spacial score (nSPS) is 14.7. The van der Waals surface area contributed by atoms with Gasteiger partial charge >= 0.3 is 0 Å². The average molecular weight is 256 g/mol. The Morgan fingerprint density at radius 3 is 1.72 bits per heavy atom. The molecule has 0 heterocycles. The first-order chi connectivity index (χ1) is 7.82. The van der Waals surface area contributed by atoms with E-state index in [9.17, 15) is 0 Å². The Morgan fingerprint density at radius 1 is 0.944 bits per heavy atom. The van der Waals surface area contributed by atoms with Crippen LogP contribution in [0.1, 0.15) is 68.7 Å². The summed E-state index contributed by atoms with van der Waals surface area (Å²) in [5.41, 5.74) is 0.650. The zero-order valence-corrected chi connectivity index (χ0v) is 14.4. The molecule has 0 saturated carbocycles. The van der Waals surface area contributed by atoms with Gasteiger partial charge in [-0.2, -0.15) is 0 Å². The second-order valence-corrected chi connectivity index (χ2v) is 8.04. The fourth-order valence-electron chi connectivity index (χ4n) is 2.09. The highest BCUT2D eigenvalue weighted by molar-refractivity contribution is 4.97. The summed E-state index contributed by atoms with van der Waals surface area (Å²) in [4.78, 5) is 2.54. The van der Waals surface area contributed by atoms with Crippen molar-refractivity contribution >= 4 is 0 Å². The van der Waals surface area contributed by atoms with Gasteiger partial charge in [-0.3, -0.25) is 4.90 Å². The first-order valence-electron chi connectivity index (χ1n) is 7.29. The minimum absolute atomic E-state index is 0.175. The first-order valence-corrected chi connectivity index (χ1v) is 7.29. The van der Waals surface area contributed by atoms with Crippen LogP contribution in [-0.4, -0.2) is 35.6 Å². The zero-order valence-electron chi connectivity index (χ0n) is 14.4. The van der Waals surface area contributed by atoms with Crippen LogP contribution in [0.25, 0.3) is 0 Å². The summed E-state index contributed by atoms with van der Waals surface area (Å²) in [6.07, 6.45) is 1.17. The minimum Gasteiger partial charge on any atom is -0.314 e. The number of nitrogens with one attached hydrogen (secondary N) is 1. The molecule has 0 fully saturated rings. The molecule has 0 spiro atoms. The van der Waals surface area contributed by atoms with E-state index in [-0.39, 0.29) is 16.5 Å². The van der Waals surface area contributed by atoms with E-state index in [0.29, 0.717) is 6.04 Å². The van der Waals surface area contributed by atoms with Gasteiger partial charge in [0, 0.05) is 17.1 Å². The third kappa shape index (κ3) is 4.55. The molecule has 1 N–H and O–H groups in total. The second kappa shape index (κ2) is 5.92. The predicted octanol–water partition coefficient (Wildman–Crippen LogP) is 3.91. The van der Waals surface area contributed by atoms with Crippen LogP contribution in [0, 0.1) is 5.41 Å². The highest BCUT2D eigenvalue weighted by atomic mass is 15.2. The fourth-order valence-corrected chi connectivity index (χ4v) is 2.09. The van der Waals surface area contributed by atoms with Crippen molar-refractivity contribution in [1.29, 1.82) is 0 Å². The minimum atomic E-state index is 0.175. The Kier molecular flexibility index (Phi) is 5.89. The Bertz CT molecular complexity index is 246. The van der Waals surface area contributed by atoms with Crippen molar-refractivity contribution in [2.45, 2.75) is 85.9 Å². The lowest BCUT2D eigenvalue weighted by molar-refractivity contribution is -0.0292. The van der Waals surface area contributed by atoms with Crippen molar-refractivity contribution in [1.82, 2.24) is 10.2 Å². The third-order valence-electron chi connectivity index (χ3n) is 4.87. The maximum Gasteiger partial charge on any atom is 0.0203 e. The second-order valence-electron chi connectivity index (χ2n) is 8.04. The molecule has 0 aliphatic rings. The molecule has 110 valence electrons. The van der Waals surface area contributed by atoms with Gasteiger partial charge in [0.25, 0.3) is 0 Å². The van der Waals surface area contributed by atoms with E-state index in [1.807, 2.05) is 0 Å². The number of hydrogen-bond acceptors (Lipinski definition) is 2. The van der Waals surface area contributed by atoms with Gasteiger partial charge in [0.2, 0.25) is 0 Å². The average Bonchev–Trinajstić information content (AvgIpc) is 2.13. The Hall–Kier alpha value is -0.0800. The molecule has 18 heavy (non-hydrogen) atoms. The molecule has 0 radical (unpaired) electrons. The molecule has 0 aliphatic heterocycles. The highest BCUT2D eigenvalue weighted by Crippen LogP contribution is 2.38. The number of rotatable bonds is 6. The highest BCUT2D eigenvalue weighted by Gasteiger charge is 2.42. The molecule has 2 nitrogen and oxygen atoms in total. The smallest absolute Gasteiger partial charge is 0.0203 e. The van der Waals surface area contributed by atoms with E-state index in [1.165, 1.54) is 6.42 Å². The molecule has 0 rings (SSSR count). The Morgan fingerprint density at radius 2 is 1.39 bits per heavy atom. The molecule has 0 aromatic heterocycles. The van der Waals surface area contributed by atoms with Crippen LogP contribution >= 0.6 is 0 Å². The van der Waals surface area contributed by atoms with Gasteiger partial charge in [-0.15, -0.1) is 0 Å². The summed E-state index contributed by atoms with van der Waals surface area (Å²) in [6, 6.07) is 0.571. The molecule has 0 unspecified atom stereocenters. The monoisotopic (exact) mass is 256 g/mol. The van der Waals surface area contributed by atoms with E-state index in [2.05, 4.69) is 79.6 Å². The standard InChI is InChI=1S/C16H36N2/c1-13(2)17-12-11-15(6,7)18(10)16(8,9)14(3,4)5/h13,17H,11-12H2,1-10H3. The van der Waals surface area contributed by atoms with Gasteiger partial charge in [-0.1, -0.05) is 34.6 Å². The summed E-state index contributed by atoms with van der Waals surface area (Å²) < 4.78 is 0. The molecule has 0 aromatic rings. The summed E-state index contributed by atoms with van der Waals surface area (Å²) >= 11 is 0. The van der Waals surface area contributed by atoms with Gasteiger partial charge < -0.3 is 5.32 Å². The SMILES string of the molecule is CC(C)NCCC(C)(C)N(C)C(C)(C)C(C)(C)C. The molecular weight excluding hydrogens is 220 g/mol. The van der Waals surface area contributed by atoms with Crippen LogP contribution in [0.4, 0.5) is 0 Å². The maximum absolute atomic E-state index is 3.52. The van der Waals surface area contributed by atoms with Crippen molar-refractivity contribution < 1.29 is 0 Å². The van der Waals surface area contributed by atoms with Crippen LogP contribution in [0.5, 0.6) is 0 Å². The van der Waals surface area contributed by atoms with Gasteiger partial charge in [-0.05, 0) is 53.1 Å². The van der Waals surface area contributed by atoms with Gasteiger partial charge in [0.05, 0.1) is 0 Å². The molecular formula is C16H36N2. The van der Waals surface area contributed by atoms with E-state index < -0.39 is 0 Å². The van der Waals surface area contributed by atoms with Crippen molar-refractivity contribution in [2.75, 3.05) is 13.6 Å². The molecule has 0 atom stereocenters. The summed E-state index contributed by atoms with van der Waals surface area (Å²) in [5.74, 6) is 0. The molecule has 0 aromatic carbocycles. The summed E-state index contributed by atoms with van der Waals surface area (Å²) in [5, 5.41) is 3.52. The topological polar surface area (TPSA) is 15.3 Å². The lowest BCUT2D eigenvalue weighted by Gasteiger charge is -2.53. The van der Waals surface area contributed by atoms with Crippen LogP contribution < -0.4 is 5.32 Å². The number of hydrogen-bond donors (Lipinski definition) is 1. The van der Waals surface area contributed by atoms with Crippen molar-refractivity contribution in [3.63, 3.8) is 0 Å². The predicted molar refractivity (Wildman–Crippen MR) is 83.1 cm³/mol. The lowest BCUT2D eigenvalue weighted by atomic mass is 9.73. The molecule has 2 heteroatoms. The van der Waals surface area contributed by atoms with Crippen molar-refractivity contribution in [3.8, 4) is 0 Å². The molecule has 0 aliphatic carbocycles. The van der Waals surface area contributed by atoms with Crippen molar-refractivity contribution in [2.24, 2.45) is 5.41 Å². The zero-order chi connectivity index (χ0) is 14.8. The van der Waals surface area contributed by atoms with Crippen LogP contribution in [-0.2, 0) is 0 Å². The van der Waals surface area contributed by atoms with E-state index in [1.54, 1.807) is 0 Å². The third-order valence-corrected chi connectivity index (χ3v) is 4.87. The Labute approximate surface area is 116 Å². The number of nitrogens with zero attached hydrogens (tertiary/aromatic N) is 1. The first kappa shape index (κ1) is 17.9. The van der Waals surface area contributed by atoms with Crippen LogP contribution in [0.3, 0.4) is 0 Å². The van der Waals surface area contributed by atoms with Gasteiger partial charge in [0.15, 0.2) is 0 Å². The molecule has 0 bridgehead atoms.